The highest BCUT2D eigenvalue weighted by Crippen LogP contribution is 2.69. The molecule has 4 rings (SSSR count). The van der Waals surface area contributed by atoms with E-state index in [-0.39, 0.29) is 11.5 Å². The van der Waals surface area contributed by atoms with E-state index >= 15 is 0 Å². The summed E-state index contributed by atoms with van der Waals surface area (Å²) in [4.78, 5) is 0. The van der Waals surface area contributed by atoms with Crippen molar-refractivity contribution in [3.05, 3.63) is 11.6 Å². The van der Waals surface area contributed by atoms with Gasteiger partial charge in [0.25, 0.3) is 0 Å². The van der Waals surface area contributed by atoms with Crippen LogP contribution in [0.4, 0.5) is 0 Å². The van der Waals surface area contributed by atoms with E-state index in [4.69, 9.17) is 0 Å². The van der Waals surface area contributed by atoms with E-state index in [0.717, 1.165) is 24.2 Å². The predicted octanol–water partition coefficient (Wildman–Crippen LogP) is 5.34. The van der Waals surface area contributed by atoms with Crippen LogP contribution in [0.5, 0.6) is 0 Å². The highest BCUT2D eigenvalue weighted by atomic mass is 16.3. The van der Waals surface area contributed by atoms with Gasteiger partial charge in [0.15, 0.2) is 0 Å². The number of rotatable bonds is 0. The quantitative estimate of drug-likeness (QED) is 0.599. The lowest BCUT2D eigenvalue weighted by Gasteiger charge is -2.64. The SMILES string of the molecule is CC1=CC[C@]2(C)[C@H]3CC[C@]4(C)[C@H](O)CC[C@H]4[C@@H]3CC[C@]2(C)C1. The molecular formula is C21H34O. The first-order valence-electron chi connectivity index (χ1n) is 9.64. The summed E-state index contributed by atoms with van der Waals surface area (Å²) in [5.74, 6) is 2.55. The van der Waals surface area contributed by atoms with Crippen LogP contribution in [-0.4, -0.2) is 11.2 Å². The first-order valence-corrected chi connectivity index (χ1v) is 9.64. The van der Waals surface area contributed by atoms with Crippen LogP contribution in [0.1, 0.15) is 79.1 Å². The second-order valence-corrected chi connectivity index (χ2v) is 9.96. The molecule has 4 aliphatic rings. The van der Waals surface area contributed by atoms with E-state index in [1.165, 1.54) is 44.9 Å². The first kappa shape index (κ1) is 15.2. The van der Waals surface area contributed by atoms with Crippen molar-refractivity contribution in [1.82, 2.24) is 0 Å². The maximum atomic E-state index is 10.5. The van der Waals surface area contributed by atoms with Crippen LogP contribution < -0.4 is 0 Å². The highest BCUT2D eigenvalue weighted by molar-refractivity contribution is 5.19. The molecule has 3 saturated carbocycles. The Balaban J connectivity index is 1.70. The van der Waals surface area contributed by atoms with Crippen LogP contribution in [0, 0.1) is 34.0 Å². The minimum absolute atomic E-state index is 0.0342. The van der Waals surface area contributed by atoms with E-state index < -0.39 is 0 Å². The maximum absolute atomic E-state index is 10.5. The standard InChI is InChI=1S/C21H34O/c1-14-7-12-21(4)17-9-11-20(3)16(5-6-18(20)22)15(17)8-10-19(21,2)13-14/h7,15-18,22H,5-6,8-13H2,1-4H3/t15-,16-,17-,18+,19+,20-,21+/m0/s1. The fourth-order valence-corrected chi connectivity index (χ4v) is 7.43. The molecule has 0 aromatic heterocycles. The molecule has 0 heterocycles. The molecule has 0 spiro atoms. The Morgan fingerprint density at radius 1 is 1.00 bits per heavy atom. The smallest absolute Gasteiger partial charge is 0.0596 e. The minimum atomic E-state index is -0.0342. The van der Waals surface area contributed by atoms with Gasteiger partial charge in [0, 0.05) is 0 Å². The highest BCUT2D eigenvalue weighted by Gasteiger charge is 2.62. The van der Waals surface area contributed by atoms with E-state index in [1.54, 1.807) is 5.57 Å². The van der Waals surface area contributed by atoms with Gasteiger partial charge in [-0.15, -0.1) is 0 Å². The summed E-state index contributed by atoms with van der Waals surface area (Å²) >= 11 is 0. The molecule has 7 atom stereocenters. The zero-order valence-electron chi connectivity index (χ0n) is 15.0. The maximum Gasteiger partial charge on any atom is 0.0596 e. The van der Waals surface area contributed by atoms with E-state index in [2.05, 4.69) is 33.8 Å². The lowest BCUT2D eigenvalue weighted by molar-refractivity contribution is -0.142. The lowest BCUT2D eigenvalue weighted by Crippen LogP contribution is -2.56. The molecule has 0 aromatic carbocycles. The molecule has 22 heavy (non-hydrogen) atoms. The predicted molar refractivity (Wildman–Crippen MR) is 91.5 cm³/mol. The average Bonchev–Trinajstić information content (AvgIpc) is 2.76. The zero-order chi connectivity index (χ0) is 15.8. The molecule has 1 heteroatoms. The van der Waals surface area contributed by atoms with Crippen molar-refractivity contribution in [2.24, 2.45) is 34.0 Å². The van der Waals surface area contributed by atoms with Crippen LogP contribution in [0.25, 0.3) is 0 Å². The van der Waals surface area contributed by atoms with Gasteiger partial charge in [-0.3, -0.25) is 0 Å². The molecule has 124 valence electrons. The molecule has 0 saturated heterocycles. The van der Waals surface area contributed by atoms with Crippen LogP contribution in [0.2, 0.25) is 0 Å². The van der Waals surface area contributed by atoms with Crippen LogP contribution >= 0.6 is 0 Å². The van der Waals surface area contributed by atoms with Gasteiger partial charge in [-0.1, -0.05) is 32.4 Å². The van der Waals surface area contributed by atoms with Gasteiger partial charge >= 0.3 is 0 Å². The Morgan fingerprint density at radius 2 is 1.77 bits per heavy atom. The Labute approximate surface area is 136 Å². The van der Waals surface area contributed by atoms with Crippen molar-refractivity contribution < 1.29 is 5.11 Å². The van der Waals surface area contributed by atoms with Crippen molar-refractivity contribution >= 4 is 0 Å². The molecule has 0 aliphatic heterocycles. The summed E-state index contributed by atoms with van der Waals surface area (Å²) < 4.78 is 0. The van der Waals surface area contributed by atoms with E-state index in [0.29, 0.717) is 10.8 Å². The fourth-order valence-electron chi connectivity index (χ4n) is 7.43. The Morgan fingerprint density at radius 3 is 2.55 bits per heavy atom. The number of fused-ring (bicyclic) bond motifs is 5. The fraction of sp³-hybridized carbons (Fsp3) is 0.905. The second kappa shape index (κ2) is 4.62. The third kappa shape index (κ3) is 1.75. The minimum Gasteiger partial charge on any atom is -0.393 e. The third-order valence-electron chi connectivity index (χ3n) is 9.16. The molecule has 0 aromatic rings. The van der Waals surface area contributed by atoms with Crippen molar-refractivity contribution in [2.45, 2.75) is 85.2 Å². The molecular weight excluding hydrogens is 268 g/mol. The summed E-state index contributed by atoms with van der Waals surface area (Å²) in [5, 5.41) is 10.5. The molecule has 0 amide bonds. The van der Waals surface area contributed by atoms with Gasteiger partial charge in [-0.05, 0) is 92.3 Å². The van der Waals surface area contributed by atoms with Gasteiger partial charge in [-0.25, -0.2) is 0 Å². The van der Waals surface area contributed by atoms with Gasteiger partial charge in [0.2, 0.25) is 0 Å². The number of aliphatic hydroxyl groups is 1. The normalized spacial score (nSPS) is 57.6. The van der Waals surface area contributed by atoms with Crippen molar-refractivity contribution in [2.75, 3.05) is 0 Å². The topological polar surface area (TPSA) is 20.2 Å². The Bertz CT molecular complexity index is 508. The number of allylic oxidation sites excluding steroid dienone is 2. The number of hydrogen-bond donors (Lipinski definition) is 1. The van der Waals surface area contributed by atoms with Crippen molar-refractivity contribution in [1.29, 1.82) is 0 Å². The summed E-state index contributed by atoms with van der Waals surface area (Å²) in [6, 6.07) is 0. The first-order chi connectivity index (χ1) is 10.3. The Hall–Kier alpha value is -0.300. The Kier molecular flexibility index (Phi) is 3.20. The summed E-state index contributed by atoms with van der Waals surface area (Å²) in [6.45, 7) is 9.92. The largest absolute Gasteiger partial charge is 0.393 e. The van der Waals surface area contributed by atoms with E-state index in [9.17, 15) is 5.11 Å². The number of aliphatic hydroxyl groups excluding tert-OH is 1. The van der Waals surface area contributed by atoms with Crippen molar-refractivity contribution in [3.8, 4) is 0 Å². The van der Waals surface area contributed by atoms with Gasteiger partial charge in [0.1, 0.15) is 0 Å². The van der Waals surface area contributed by atoms with E-state index in [1.807, 2.05) is 0 Å². The molecule has 0 bridgehead atoms. The van der Waals surface area contributed by atoms with Crippen LogP contribution in [0.3, 0.4) is 0 Å². The molecule has 3 fully saturated rings. The monoisotopic (exact) mass is 302 g/mol. The summed E-state index contributed by atoms with van der Waals surface area (Å²) in [6.07, 6.45) is 12.9. The number of hydrogen-bond acceptors (Lipinski definition) is 1. The molecule has 1 nitrogen and oxygen atoms in total. The van der Waals surface area contributed by atoms with Gasteiger partial charge < -0.3 is 5.11 Å². The molecule has 0 unspecified atom stereocenters. The zero-order valence-corrected chi connectivity index (χ0v) is 15.0. The third-order valence-corrected chi connectivity index (χ3v) is 9.16. The van der Waals surface area contributed by atoms with Gasteiger partial charge in [0.05, 0.1) is 6.10 Å². The average molecular weight is 303 g/mol. The lowest BCUT2D eigenvalue weighted by atomic mass is 9.41. The van der Waals surface area contributed by atoms with Gasteiger partial charge in [-0.2, -0.15) is 0 Å². The molecule has 0 radical (unpaired) electrons. The van der Waals surface area contributed by atoms with Crippen LogP contribution in [0.15, 0.2) is 11.6 Å². The van der Waals surface area contributed by atoms with Crippen LogP contribution in [-0.2, 0) is 0 Å². The molecule has 4 aliphatic carbocycles. The molecule has 1 N–H and O–H groups in total. The second-order valence-electron chi connectivity index (χ2n) is 9.96. The van der Waals surface area contributed by atoms with Crippen molar-refractivity contribution in [3.63, 3.8) is 0 Å². The summed E-state index contributed by atoms with van der Waals surface area (Å²) in [7, 11) is 0. The summed E-state index contributed by atoms with van der Waals surface area (Å²) in [5.41, 5.74) is 2.85.